The third-order valence-electron chi connectivity index (χ3n) is 7.29. The first-order chi connectivity index (χ1) is 18.2. The largest absolute Gasteiger partial charge is 0.493 e. The van der Waals surface area contributed by atoms with Gasteiger partial charge in [-0.3, -0.25) is 4.79 Å². The van der Waals surface area contributed by atoms with Crippen molar-refractivity contribution in [3.8, 4) is 17.1 Å². The van der Waals surface area contributed by atoms with E-state index in [0.717, 1.165) is 22.3 Å². The summed E-state index contributed by atoms with van der Waals surface area (Å²) in [4.78, 5) is 13.0. The first-order valence-electron chi connectivity index (χ1n) is 13.5. The molecule has 3 unspecified atom stereocenters. The van der Waals surface area contributed by atoms with E-state index in [2.05, 4.69) is 0 Å². The highest BCUT2D eigenvalue weighted by atomic mass is 16.5. The molecule has 0 aliphatic rings. The Labute approximate surface area is 231 Å². The van der Waals surface area contributed by atoms with Gasteiger partial charge in [0, 0.05) is 40.6 Å². The quantitative estimate of drug-likeness (QED) is 0.217. The van der Waals surface area contributed by atoms with E-state index in [1.54, 1.807) is 20.8 Å². The molecule has 39 heavy (non-hydrogen) atoms. The van der Waals surface area contributed by atoms with Crippen LogP contribution in [-0.2, 0) is 9.53 Å². The molecule has 0 aliphatic heterocycles. The van der Waals surface area contributed by atoms with E-state index in [0.29, 0.717) is 25.0 Å². The number of rotatable bonds is 14. The highest BCUT2D eigenvalue weighted by molar-refractivity contribution is 5.84. The molecule has 1 aromatic heterocycles. The van der Waals surface area contributed by atoms with Crippen molar-refractivity contribution >= 4 is 16.9 Å². The molecule has 0 radical (unpaired) electrons. The summed E-state index contributed by atoms with van der Waals surface area (Å²) in [5.41, 5.74) is 11.7. The van der Waals surface area contributed by atoms with Crippen molar-refractivity contribution in [1.29, 1.82) is 0 Å². The second-order valence-corrected chi connectivity index (χ2v) is 12.1. The van der Waals surface area contributed by atoms with Crippen LogP contribution in [0.1, 0.15) is 53.9 Å². The second kappa shape index (κ2) is 12.5. The summed E-state index contributed by atoms with van der Waals surface area (Å²) >= 11 is 0. The van der Waals surface area contributed by atoms with Gasteiger partial charge in [0.25, 0.3) is 0 Å². The van der Waals surface area contributed by atoms with Crippen molar-refractivity contribution in [2.75, 3.05) is 19.8 Å². The highest BCUT2D eigenvalue weighted by Gasteiger charge is 2.48. The van der Waals surface area contributed by atoms with Crippen LogP contribution < -0.4 is 16.2 Å². The molecule has 3 aromatic rings. The van der Waals surface area contributed by atoms with Crippen molar-refractivity contribution in [3.05, 3.63) is 54.6 Å². The molecular weight excluding hydrogens is 496 g/mol. The van der Waals surface area contributed by atoms with Gasteiger partial charge in [0.05, 0.1) is 18.1 Å². The lowest BCUT2D eigenvalue weighted by molar-refractivity contribution is -0.163. The van der Waals surface area contributed by atoms with Crippen molar-refractivity contribution < 1.29 is 28.9 Å². The molecule has 1 heterocycles. The minimum atomic E-state index is -1.02. The van der Waals surface area contributed by atoms with E-state index in [-0.39, 0.29) is 25.7 Å². The summed E-state index contributed by atoms with van der Waals surface area (Å²) < 4.78 is 17.4. The first-order valence-corrected chi connectivity index (χ1v) is 13.5. The minimum absolute atomic E-state index is 0.0985. The van der Waals surface area contributed by atoms with Gasteiger partial charge in [0.1, 0.15) is 23.7 Å². The van der Waals surface area contributed by atoms with Crippen LogP contribution in [-0.4, -0.2) is 53.2 Å². The Kier molecular flexibility index (Phi) is 9.83. The average Bonchev–Trinajstić information content (AvgIpc) is 3.29. The van der Waals surface area contributed by atoms with Crippen LogP contribution in [0, 0.1) is 11.3 Å². The number of ether oxygens (including phenoxy) is 2. The van der Waals surface area contributed by atoms with E-state index < -0.39 is 28.6 Å². The minimum Gasteiger partial charge on any atom is -0.493 e. The smallest absolute Gasteiger partial charge is 0.313 e. The summed E-state index contributed by atoms with van der Waals surface area (Å²) in [6.07, 6.45) is 0.283. The second-order valence-electron chi connectivity index (χ2n) is 12.1. The molecular formula is C31H44N2O6. The van der Waals surface area contributed by atoms with Crippen molar-refractivity contribution in [3.63, 3.8) is 0 Å². The number of aliphatic hydroxyl groups excluding tert-OH is 2. The van der Waals surface area contributed by atoms with Gasteiger partial charge in [0.2, 0.25) is 0 Å². The van der Waals surface area contributed by atoms with Gasteiger partial charge < -0.3 is 35.6 Å². The first kappa shape index (κ1) is 30.6. The van der Waals surface area contributed by atoms with E-state index in [4.69, 9.17) is 25.4 Å². The van der Waals surface area contributed by atoms with Gasteiger partial charge in [0.15, 0.2) is 0 Å². The van der Waals surface area contributed by atoms with Gasteiger partial charge in [-0.2, -0.15) is 0 Å². The number of esters is 1. The van der Waals surface area contributed by atoms with Crippen molar-refractivity contribution in [2.45, 2.75) is 71.1 Å². The summed E-state index contributed by atoms with van der Waals surface area (Å²) in [7, 11) is 0. The van der Waals surface area contributed by atoms with Gasteiger partial charge in [-0.05, 0) is 72.1 Å². The molecule has 3 rings (SSSR count). The lowest BCUT2D eigenvalue weighted by atomic mass is 9.67. The maximum atomic E-state index is 13.0. The fourth-order valence-corrected chi connectivity index (χ4v) is 4.60. The predicted octanol–water partition coefficient (Wildman–Crippen LogP) is 4.64. The van der Waals surface area contributed by atoms with Crippen LogP contribution in [0.4, 0.5) is 0 Å². The average molecular weight is 541 g/mol. The lowest BCUT2D eigenvalue weighted by Gasteiger charge is -2.43. The van der Waals surface area contributed by atoms with Crippen LogP contribution >= 0.6 is 0 Å². The molecule has 0 bridgehead atoms. The van der Waals surface area contributed by atoms with Gasteiger partial charge in [-0.1, -0.05) is 30.3 Å². The summed E-state index contributed by atoms with van der Waals surface area (Å²) in [5.74, 6) is 0.732. The molecule has 3 atom stereocenters. The number of aliphatic hydroxyl groups is 2. The van der Waals surface area contributed by atoms with Crippen LogP contribution in [0.2, 0.25) is 0 Å². The summed E-state index contributed by atoms with van der Waals surface area (Å²) in [6, 6.07) is 17.5. The molecule has 2 aromatic carbocycles. The monoisotopic (exact) mass is 540 g/mol. The Morgan fingerprint density at radius 3 is 2.28 bits per heavy atom. The normalized spacial score (nSPS) is 15.5. The molecule has 6 N–H and O–H groups in total. The number of carbonyl (C=O) groups is 1. The Morgan fingerprint density at radius 1 is 0.974 bits per heavy atom. The lowest BCUT2D eigenvalue weighted by Crippen LogP contribution is -2.58. The number of fused-ring (bicyclic) bond motifs is 1. The summed E-state index contributed by atoms with van der Waals surface area (Å²) in [5, 5.41) is 21.3. The van der Waals surface area contributed by atoms with Crippen LogP contribution in [0.3, 0.4) is 0 Å². The molecule has 0 fully saturated rings. The number of nitrogens with two attached hydrogens (primary N) is 2. The molecule has 0 amide bonds. The highest BCUT2D eigenvalue weighted by Crippen LogP contribution is 2.38. The van der Waals surface area contributed by atoms with E-state index in [1.165, 1.54) is 0 Å². The standard InChI is InChI=1S/C31H44N2O6/c1-29(2,32)20-31(5,30(3,4)33)28(36)38-19-24(35)13-11-21(17-34)18-37-25-14-12-23-15-26(39-27(23)16-25)22-9-7-6-8-10-22/h6-10,12,14-16,21,24,34-35H,11,13,17-20,32-33H2,1-5H3. The van der Waals surface area contributed by atoms with Crippen LogP contribution in [0.15, 0.2) is 59.0 Å². The molecule has 0 saturated carbocycles. The number of hydrogen-bond acceptors (Lipinski definition) is 8. The molecule has 0 saturated heterocycles. The van der Waals surface area contributed by atoms with E-state index in [1.807, 2.05) is 68.4 Å². The molecule has 214 valence electrons. The Balaban J connectivity index is 1.50. The molecule has 8 nitrogen and oxygen atoms in total. The maximum absolute atomic E-state index is 13.0. The van der Waals surface area contributed by atoms with Crippen LogP contribution in [0.5, 0.6) is 5.75 Å². The maximum Gasteiger partial charge on any atom is 0.313 e. The number of hydrogen-bond donors (Lipinski definition) is 4. The summed E-state index contributed by atoms with van der Waals surface area (Å²) in [6.45, 7) is 8.98. The Bertz CT molecular complexity index is 1210. The third-order valence-corrected chi connectivity index (χ3v) is 7.29. The molecule has 8 heteroatoms. The SMILES string of the molecule is CC(C)(N)CC(C)(C(=O)OCC(O)CCC(CO)COc1ccc2cc(-c3ccccc3)oc2c1)C(C)(C)N. The topological polar surface area (TPSA) is 141 Å². The number of carbonyl (C=O) groups excluding carboxylic acids is 1. The zero-order valence-electron chi connectivity index (χ0n) is 23.8. The third kappa shape index (κ3) is 8.29. The van der Waals surface area contributed by atoms with Gasteiger partial charge >= 0.3 is 5.97 Å². The van der Waals surface area contributed by atoms with E-state index >= 15 is 0 Å². The zero-order chi connectivity index (χ0) is 28.8. The molecule has 0 aliphatic carbocycles. The Morgan fingerprint density at radius 2 is 1.67 bits per heavy atom. The Hall–Kier alpha value is -2.91. The van der Waals surface area contributed by atoms with Crippen LogP contribution in [0.25, 0.3) is 22.3 Å². The van der Waals surface area contributed by atoms with Crippen molar-refractivity contribution in [1.82, 2.24) is 0 Å². The van der Waals surface area contributed by atoms with Crippen molar-refractivity contribution in [2.24, 2.45) is 22.8 Å². The van der Waals surface area contributed by atoms with Gasteiger partial charge in [-0.15, -0.1) is 0 Å². The molecule has 0 spiro atoms. The number of benzene rings is 2. The fourth-order valence-electron chi connectivity index (χ4n) is 4.60. The fraction of sp³-hybridized carbons (Fsp3) is 0.516. The van der Waals surface area contributed by atoms with E-state index in [9.17, 15) is 15.0 Å². The number of furan rings is 1. The predicted molar refractivity (Wildman–Crippen MR) is 153 cm³/mol. The zero-order valence-corrected chi connectivity index (χ0v) is 23.8. The van der Waals surface area contributed by atoms with Gasteiger partial charge in [-0.25, -0.2) is 0 Å².